The van der Waals surface area contributed by atoms with Gasteiger partial charge in [-0.15, -0.1) is 0 Å². The molecule has 1 aromatic carbocycles. The largest absolute Gasteiger partial charge is 0.396 e. The molecule has 0 saturated heterocycles. The summed E-state index contributed by atoms with van der Waals surface area (Å²) < 4.78 is 1.49. The van der Waals surface area contributed by atoms with Crippen LogP contribution in [0.15, 0.2) is 30.5 Å². The topological polar surface area (TPSA) is 102 Å². The summed E-state index contributed by atoms with van der Waals surface area (Å²) in [6.07, 6.45) is 1.58. The number of rotatable bonds is 2. The molecule has 0 unspecified atom stereocenters. The Morgan fingerprint density at radius 2 is 2.21 bits per heavy atom. The highest BCUT2D eigenvalue weighted by Crippen LogP contribution is 2.15. The van der Waals surface area contributed by atoms with Crippen LogP contribution in [0.2, 0.25) is 0 Å². The van der Waals surface area contributed by atoms with E-state index in [1.807, 2.05) is 24.3 Å². The minimum Gasteiger partial charge on any atom is -0.396 e. The molecule has 4 N–H and O–H groups in total. The number of nitrogens with one attached hydrogen (secondary N) is 2. The first-order valence-electron chi connectivity index (χ1n) is 5.69. The number of H-pyrrole nitrogens is 1. The molecule has 2 heterocycles. The molecule has 0 aliphatic rings. The van der Waals surface area contributed by atoms with Crippen molar-refractivity contribution in [3.63, 3.8) is 0 Å². The van der Waals surface area contributed by atoms with Crippen LogP contribution in [0.5, 0.6) is 0 Å². The summed E-state index contributed by atoms with van der Waals surface area (Å²) in [6.45, 7) is 0. The lowest BCUT2D eigenvalue weighted by Gasteiger charge is -1.98. The monoisotopic (exact) mass is 256 g/mol. The van der Waals surface area contributed by atoms with Crippen LogP contribution >= 0.6 is 0 Å². The number of anilines is 2. The molecule has 0 fully saturated rings. The molecular weight excluding hydrogens is 244 g/mol. The van der Waals surface area contributed by atoms with Crippen LogP contribution in [-0.2, 0) is 7.05 Å². The third kappa shape index (κ3) is 2.01. The van der Waals surface area contributed by atoms with Crippen LogP contribution in [0.4, 0.5) is 11.6 Å². The molecule has 3 rings (SSSR count). The number of para-hydroxylation sites is 2. The quantitative estimate of drug-likeness (QED) is 0.639. The Kier molecular flexibility index (Phi) is 2.45. The maximum absolute atomic E-state index is 12.0. The summed E-state index contributed by atoms with van der Waals surface area (Å²) in [5, 5.41) is 6.64. The van der Waals surface area contributed by atoms with Gasteiger partial charge in [-0.25, -0.2) is 4.98 Å². The number of hydrogen-bond acceptors (Lipinski definition) is 4. The maximum Gasteiger partial charge on any atom is 0.280 e. The number of nitrogens with zero attached hydrogens (tertiary/aromatic N) is 3. The average Bonchev–Trinajstić information content (AvgIpc) is 2.91. The van der Waals surface area contributed by atoms with Crippen LogP contribution < -0.4 is 11.1 Å². The molecule has 0 radical (unpaired) electrons. The molecular formula is C12H12N6O. The molecule has 0 spiro atoms. The van der Waals surface area contributed by atoms with Gasteiger partial charge < -0.3 is 10.7 Å². The second kappa shape index (κ2) is 4.13. The number of nitrogens with two attached hydrogens (primary N) is 1. The minimum absolute atomic E-state index is 0.183. The van der Waals surface area contributed by atoms with Gasteiger partial charge in [0.05, 0.1) is 16.7 Å². The van der Waals surface area contributed by atoms with Crippen molar-refractivity contribution >= 4 is 28.6 Å². The molecule has 7 nitrogen and oxygen atoms in total. The zero-order valence-electron chi connectivity index (χ0n) is 10.2. The van der Waals surface area contributed by atoms with Gasteiger partial charge in [0, 0.05) is 13.2 Å². The Balaban J connectivity index is 1.88. The summed E-state index contributed by atoms with van der Waals surface area (Å²) >= 11 is 0. The summed E-state index contributed by atoms with van der Waals surface area (Å²) in [6, 6.07) is 7.51. The van der Waals surface area contributed by atoms with Crippen molar-refractivity contribution in [1.29, 1.82) is 0 Å². The second-order valence-corrected chi connectivity index (χ2v) is 4.16. The lowest BCUT2D eigenvalue weighted by molar-refractivity contribution is 0.102. The first kappa shape index (κ1) is 11.3. The third-order valence-electron chi connectivity index (χ3n) is 2.69. The van der Waals surface area contributed by atoms with E-state index in [0.29, 0.717) is 11.6 Å². The molecule has 1 amide bonds. The summed E-state index contributed by atoms with van der Waals surface area (Å²) in [4.78, 5) is 19.3. The zero-order valence-corrected chi connectivity index (χ0v) is 10.2. The zero-order chi connectivity index (χ0) is 13.4. The molecule has 3 aromatic rings. The number of aromatic nitrogens is 4. The van der Waals surface area contributed by atoms with Crippen molar-refractivity contribution in [2.24, 2.45) is 7.05 Å². The number of hydrogen-bond donors (Lipinski definition) is 3. The lowest BCUT2D eigenvalue weighted by Crippen LogP contribution is -2.15. The SMILES string of the molecule is Cn1cc(N)c(C(=O)Nc2nc3ccccc3[nH]2)n1. The highest BCUT2D eigenvalue weighted by molar-refractivity contribution is 6.05. The minimum atomic E-state index is -0.392. The molecule has 19 heavy (non-hydrogen) atoms. The molecule has 0 aliphatic heterocycles. The van der Waals surface area contributed by atoms with Gasteiger partial charge in [0.25, 0.3) is 5.91 Å². The van der Waals surface area contributed by atoms with Crippen LogP contribution in [0, 0.1) is 0 Å². The Bertz CT molecular complexity index is 724. The fourth-order valence-electron chi connectivity index (χ4n) is 1.86. The van der Waals surface area contributed by atoms with Crippen molar-refractivity contribution in [2.45, 2.75) is 0 Å². The van der Waals surface area contributed by atoms with E-state index in [-0.39, 0.29) is 5.69 Å². The van der Waals surface area contributed by atoms with Gasteiger partial charge in [-0.05, 0) is 12.1 Å². The number of aromatic amines is 1. The molecule has 0 saturated carbocycles. The van der Waals surface area contributed by atoms with Crippen LogP contribution in [0.1, 0.15) is 10.5 Å². The number of fused-ring (bicyclic) bond motifs is 1. The van der Waals surface area contributed by atoms with Gasteiger partial charge in [0.1, 0.15) is 0 Å². The van der Waals surface area contributed by atoms with E-state index in [0.717, 1.165) is 11.0 Å². The highest BCUT2D eigenvalue weighted by atomic mass is 16.2. The van der Waals surface area contributed by atoms with Crippen molar-refractivity contribution in [1.82, 2.24) is 19.7 Å². The van der Waals surface area contributed by atoms with E-state index in [2.05, 4.69) is 20.4 Å². The number of nitrogen functional groups attached to an aromatic ring is 1. The van der Waals surface area contributed by atoms with Crippen LogP contribution in [-0.4, -0.2) is 25.7 Å². The van der Waals surface area contributed by atoms with E-state index in [9.17, 15) is 4.79 Å². The molecule has 7 heteroatoms. The van der Waals surface area contributed by atoms with Crippen molar-refractivity contribution in [3.05, 3.63) is 36.2 Å². The standard InChI is InChI=1S/C12H12N6O/c1-18-6-7(13)10(17-18)11(19)16-12-14-8-4-2-3-5-9(8)15-12/h2-6H,13H2,1H3,(H2,14,15,16,19). The van der Waals surface area contributed by atoms with Gasteiger partial charge in [0.15, 0.2) is 5.69 Å². The summed E-state index contributed by atoms with van der Waals surface area (Å²) in [5.41, 5.74) is 7.85. The number of amides is 1. The normalized spacial score (nSPS) is 10.8. The third-order valence-corrected chi connectivity index (χ3v) is 2.69. The van der Waals surface area contributed by atoms with Crippen LogP contribution in [0.25, 0.3) is 11.0 Å². The predicted octanol–water partition coefficient (Wildman–Crippen LogP) is 1.13. The highest BCUT2D eigenvalue weighted by Gasteiger charge is 2.15. The molecule has 0 aliphatic carbocycles. The van der Waals surface area contributed by atoms with E-state index in [1.165, 1.54) is 4.68 Å². The van der Waals surface area contributed by atoms with E-state index >= 15 is 0 Å². The number of carbonyl (C=O) groups excluding carboxylic acids is 1. The van der Waals surface area contributed by atoms with Crippen molar-refractivity contribution in [2.75, 3.05) is 11.1 Å². The van der Waals surface area contributed by atoms with E-state index in [4.69, 9.17) is 5.73 Å². The summed E-state index contributed by atoms with van der Waals surface area (Å²) in [7, 11) is 1.70. The van der Waals surface area contributed by atoms with Gasteiger partial charge in [-0.1, -0.05) is 12.1 Å². The van der Waals surface area contributed by atoms with Crippen molar-refractivity contribution in [3.8, 4) is 0 Å². The first-order chi connectivity index (χ1) is 9.13. The number of imidazole rings is 1. The Morgan fingerprint density at radius 1 is 1.42 bits per heavy atom. The van der Waals surface area contributed by atoms with Gasteiger partial charge in [0.2, 0.25) is 5.95 Å². The second-order valence-electron chi connectivity index (χ2n) is 4.16. The molecule has 2 aromatic heterocycles. The van der Waals surface area contributed by atoms with Gasteiger partial charge >= 0.3 is 0 Å². The van der Waals surface area contributed by atoms with E-state index in [1.54, 1.807) is 13.2 Å². The van der Waals surface area contributed by atoms with Crippen LogP contribution in [0.3, 0.4) is 0 Å². The molecule has 96 valence electrons. The van der Waals surface area contributed by atoms with Gasteiger partial charge in [-0.2, -0.15) is 5.10 Å². The van der Waals surface area contributed by atoms with Gasteiger partial charge in [-0.3, -0.25) is 14.8 Å². The lowest BCUT2D eigenvalue weighted by atomic mass is 10.3. The van der Waals surface area contributed by atoms with Crippen molar-refractivity contribution < 1.29 is 4.79 Å². The maximum atomic E-state index is 12.0. The fraction of sp³-hybridized carbons (Fsp3) is 0.0833. The number of aryl methyl sites for hydroxylation is 1. The Morgan fingerprint density at radius 3 is 2.89 bits per heavy atom. The fourth-order valence-corrected chi connectivity index (χ4v) is 1.86. The Labute approximate surface area is 108 Å². The van der Waals surface area contributed by atoms with E-state index < -0.39 is 5.91 Å². The number of benzene rings is 1. The molecule has 0 bridgehead atoms. The molecule has 0 atom stereocenters. The smallest absolute Gasteiger partial charge is 0.280 e. The summed E-state index contributed by atoms with van der Waals surface area (Å²) in [5.74, 6) is -0.0200. The average molecular weight is 256 g/mol. The Hall–Kier alpha value is -2.83. The predicted molar refractivity (Wildman–Crippen MR) is 71.7 cm³/mol. The number of carbonyl (C=O) groups is 1. The first-order valence-corrected chi connectivity index (χ1v) is 5.69.